The molecule has 0 aliphatic rings. The second kappa shape index (κ2) is 4.82. The minimum atomic E-state index is -4.37. The lowest BCUT2D eigenvalue weighted by molar-refractivity contribution is -0.137. The van der Waals surface area contributed by atoms with E-state index in [1.807, 2.05) is 0 Å². The molecule has 104 valence electrons. The van der Waals surface area contributed by atoms with E-state index in [0.29, 0.717) is 11.3 Å². The van der Waals surface area contributed by atoms with Crippen LogP contribution in [-0.2, 0) is 18.0 Å². The van der Waals surface area contributed by atoms with Crippen molar-refractivity contribution in [2.75, 3.05) is 13.7 Å². The van der Waals surface area contributed by atoms with Crippen LogP contribution >= 0.6 is 0 Å². The number of imidazole rings is 1. The molecule has 2 N–H and O–H groups in total. The van der Waals surface area contributed by atoms with Crippen LogP contribution in [0.3, 0.4) is 0 Å². The van der Waals surface area contributed by atoms with Crippen molar-refractivity contribution in [2.24, 2.45) is 12.8 Å². The average molecular weight is 273 g/mol. The SMILES string of the molecule is COC(CN)c1nc2cc(C(F)(F)F)ccc2n1C. The Morgan fingerprint density at radius 3 is 2.63 bits per heavy atom. The average Bonchev–Trinajstić information content (AvgIpc) is 2.67. The number of aryl methyl sites for hydroxylation is 1. The molecule has 0 saturated carbocycles. The number of hydrogen-bond donors (Lipinski definition) is 1. The minimum Gasteiger partial charge on any atom is -0.372 e. The number of rotatable bonds is 3. The molecular formula is C12H14F3N3O. The van der Waals surface area contributed by atoms with Gasteiger partial charge in [-0.25, -0.2) is 4.98 Å². The first kappa shape index (κ1) is 13.8. The van der Waals surface area contributed by atoms with E-state index in [1.54, 1.807) is 11.6 Å². The fourth-order valence-electron chi connectivity index (χ4n) is 1.99. The first-order valence-corrected chi connectivity index (χ1v) is 5.65. The lowest BCUT2D eigenvalue weighted by Crippen LogP contribution is -2.17. The number of aromatic nitrogens is 2. The Bertz CT molecular complexity index is 588. The van der Waals surface area contributed by atoms with Crippen LogP contribution in [0.1, 0.15) is 17.5 Å². The summed E-state index contributed by atoms with van der Waals surface area (Å²) < 4.78 is 44.8. The molecule has 7 heteroatoms. The Hall–Kier alpha value is -1.60. The molecule has 1 aromatic heterocycles. The molecule has 0 bridgehead atoms. The van der Waals surface area contributed by atoms with Crippen LogP contribution in [0.25, 0.3) is 11.0 Å². The molecule has 1 unspecified atom stereocenters. The highest BCUT2D eigenvalue weighted by Crippen LogP contribution is 2.32. The van der Waals surface area contributed by atoms with Crippen molar-refractivity contribution in [3.63, 3.8) is 0 Å². The molecule has 0 spiro atoms. The van der Waals surface area contributed by atoms with Gasteiger partial charge < -0.3 is 15.0 Å². The summed E-state index contributed by atoms with van der Waals surface area (Å²) >= 11 is 0. The molecule has 0 amide bonds. The van der Waals surface area contributed by atoms with Crippen LogP contribution in [0.2, 0.25) is 0 Å². The Morgan fingerprint density at radius 2 is 2.11 bits per heavy atom. The summed E-state index contributed by atoms with van der Waals surface area (Å²) in [5.74, 6) is 0.513. The molecule has 0 saturated heterocycles. The topological polar surface area (TPSA) is 53.1 Å². The predicted molar refractivity (Wildman–Crippen MR) is 64.5 cm³/mol. The van der Waals surface area contributed by atoms with Crippen molar-refractivity contribution >= 4 is 11.0 Å². The maximum absolute atomic E-state index is 12.6. The van der Waals surface area contributed by atoms with Crippen molar-refractivity contribution in [3.05, 3.63) is 29.6 Å². The highest BCUT2D eigenvalue weighted by molar-refractivity contribution is 5.77. The summed E-state index contributed by atoms with van der Waals surface area (Å²) in [5, 5.41) is 0. The van der Waals surface area contributed by atoms with E-state index in [4.69, 9.17) is 10.5 Å². The highest BCUT2D eigenvalue weighted by atomic mass is 19.4. The molecule has 0 aliphatic carbocycles. The fraction of sp³-hybridized carbons (Fsp3) is 0.417. The van der Waals surface area contributed by atoms with Crippen LogP contribution in [0.4, 0.5) is 13.2 Å². The van der Waals surface area contributed by atoms with Gasteiger partial charge in [0, 0.05) is 20.7 Å². The lowest BCUT2D eigenvalue weighted by atomic mass is 10.2. The number of fused-ring (bicyclic) bond motifs is 1. The number of nitrogens with zero attached hydrogens (tertiary/aromatic N) is 2. The van der Waals surface area contributed by atoms with E-state index in [2.05, 4.69) is 4.98 Å². The summed E-state index contributed by atoms with van der Waals surface area (Å²) in [4.78, 5) is 4.19. The number of ether oxygens (including phenoxy) is 1. The van der Waals surface area contributed by atoms with Crippen LogP contribution in [0, 0.1) is 0 Å². The van der Waals surface area contributed by atoms with Crippen LogP contribution in [-0.4, -0.2) is 23.2 Å². The lowest BCUT2D eigenvalue weighted by Gasteiger charge is -2.12. The molecule has 1 aromatic carbocycles. The molecule has 19 heavy (non-hydrogen) atoms. The van der Waals surface area contributed by atoms with E-state index in [1.165, 1.54) is 13.2 Å². The Morgan fingerprint density at radius 1 is 1.42 bits per heavy atom. The Labute approximate surface area is 108 Å². The molecular weight excluding hydrogens is 259 g/mol. The van der Waals surface area contributed by atoms with Gasteiger partial charge in [-0.2, -0.15) is 13.2 Å². The third-order valence-corrected chi connectivity index (χ3v) is 3.03. The van der Waals surface area contributed by atoms with Gasteiger partial charge in [0.15, 0.2) is 0 Å². The van der Waals surface area contributed by atoms with Gasteiger partial charge in [0.2, 0.25) is 0 Å². The van der Waals surface area contributed by atoms with Gasteiger partial charge in [0.05, 0.1) is 16.6 Å². The first-order chi connectivity index (χ1) is 8.88. The van der Waals surface area contributed by atoms with E-state index < -0.39 is 17.8 Å². The fourth-order valence-corrected chi connectivity index (χ4v) is 1.99. The molecule has 4 nitrogen and oxygen atoms in total. The zero-order valence-corrected chi connectivity index (χ0v) is 10.5. The Kier molecular flexibility index (Phi) is 3.51. The monoisotopic (exact) mass is 273 g/mol. The van der Waals surface area contributed by atoms with Gasteiger partial charge in [0.1, 0.15) is 11.9 Å². The van der Waals surface area contributed by atoms with E-state index in [0.717, 1.165) is 12.1 Å². The van der Waals surface area contributed by atoms with Crippen molar-refractivity contribution in [1.82, 2.24) is 9.55 Å². The van der Waals surface area contributed by atoms with Gasteiger partial charge in [-0.1, -0.05) is 0 Å². The number of nitrogens with two attached hydrogens (primary N) is 1. The predicted octanol–water partition coefficient (Wildman–Crippen LogP) is 2.24. The highest BCUT2D eigenvalue weighted by Gasteiger charge is 2.31. The molecule has 2 aromatic rings. The van der Waals surface area contributed by atoms with Gasteiger partial charge in [0.25, 0.3) is 0 Å². The third kappa shape index (κ3) is 2.43. The summed E-state index contributed by atoms with van der Waals surface area (Å²) in [6.45, 7) is 0.208. The smallest absolute Gasteiger partial charge is 0.372 e. The van der Waals surface area contributed by atoms with Crippen molar-refractivity contribution < 1.29 is 17.9 Å². The normalized spacial score (nSPS) is 14.0. The number of benzene rings is 1. The number of halogens is 3. The maximum atomic E-state index is 12.6. The van der Waals surface area contributed by atoms with Crippen LogP contribution < -0.4 is 5.73 Å². The second-order valence-corrected chi connectivity index (χ2v) is 4.19. The van der Waals surface area contributed by atoms with Crippen molar-refractivity contribution in [2.45, 2.75) is 12.3 Å². The van der Waals surface area contributed by atoms with Crippen molar-refractivity contribution in [1.29, 1.82) is 0 Å². The third-order valence-electron chi connectivity index (χ3n) is 3.03. The van der Waals surface area contributed by atoms with E-state index >= 15 is 0 Å². The molecule has 1 atom stereocenters. The van der Waals surface area contributed by atoms with E-state index in [9.17, 15) is 13.2 Å². The summed E-state index contributed by atoms with van der Waals surface area (Å²) in [6.07, 6.45) is -4.81. The first-order valence-electron chi connectivity index (χ1n) is 5.65. The van der Waals surface area contributed by atoms with Gasteiger partial charge in [-0.15, -0.1) is 0 Å². The minimum absolute atomic E-state index is 0.208. The molecule has 1 heterocycles. The van der Waals surface area contributed by atoms with Gasteiger partial charge in [-0.05, 0) is 18.2 Å². The summed E-state index contributed by atoms with van der Waals surface area (Å²) in [7, 11) is 3.21. The summed E-state index contributed by atoms with van der Waals surface area (Å²) in [5.41, 5.74) is 5.72. The number of alkyl halides is 3. The van der Waals surface area contributed by atoms with Gasteiger partial charge in [-0.3, -0.25) is 0 Å². The van der Waals surface area contributed by atoms with Gasteiger partial charge >= 0.3 is 6.18 Å². The van der Waals surface area contributed by atoms with Crippen molar-refractivity contribution in [3.8, 4) is 0 Å². The molecule has 0 fully saturated rings. The number of methoxy groups -OCH3 is 1. The standard InChI is InChI=1S/C12H14F3N3O/c1-18-9-4-3-7(12(13,14)15)5-8(9)17-11(18)10(6-16)19-2/h3-5,10H,6,16H2,1-2H3. The molecule has 0 aliphatic heterocycles. The zero-order chi connectivity index (χ0) is 14.2. The molecule has 2 rings (SSSR count). The van der Waals surface area contributed by atoms with Crippen LogP contribution in [0.15, 0.2) is 18.2 Å². The maximum Gasteiger partial charge on any atom is 0.416 e. The zero-order valence-electron chi connectivity index (χ0n) is 10.5. The number of hydrogen-bond acceptors (Lipinski definition) is 3. The quantitative estimate of drug-likeness (QED) is 0.933. The summed E-state index contributed by atoms with van der Waals surface area (Å²) in [6, 6.07) is 3.47. The van der Waals surface area contributed by atoms with E-state index in [-0.39, 0.29) is 12.1 Å². The van der Waals surface area contributed by atoms with Crippen LogP contribution in [0.5, 0.6) is 0 Å². The largest absolute Gasteiger partial charge is 0.416 e. The Balaban J connectivity index is 2.57. The second-order valence-electron chi connectivity index (χ2n) is 4.19. The molecule has 0 radical (unpaired) electrons.